The summed E-state index contributed by atoms with van der Waals surface area (Å²) < 4.78 is 11.8. The molecule has 0 amide bonds. The van der Waals surface area contributed by atoms with Gasteiger partial charge in [0.15, 0.2) is 11.5 Å². The average molecular weight is 402 g/mol. The molecule has 3 nitrogen and oxygen atoms in total. The fraction of sp³-hybridized carbons (Fsp3) is 0.273. The number of thiophene rings is 1. The Morgan fingerprint density at radius 2 is 1.85 bits per heavy atom. The molecule has 0 spiro atoms. The molecule has 142 valence electrons. The number of halogens is 1. The molecule has 1 N–H and O–H groups in total. The van der Waals surface area contributed by atoms with E-state index in [1.807, 2.05) is 25.1 Å². The molecule has 0 bridgehead atoms. The summed E-state index contributed by atoms with van der Waals surface area (Å²) in [6.45, 7) is 6.59. The van der Waals surface area contributed by atoms with Crippen molar-refractivity contribution in [3.8, 4) is 11.5 Å². The minimum Gasteiger partial charge on any atom is -0.490 e. The van der Waals surface area contributed by atoms with Crippen molar-refractivity contribution in [3.05, 3.63) is 80.5 Å². The van der Waals surface area contributed by atoms with Gasteiger partial charge in [-0.2, -0.15) is 0 Å². The van der Waals surface area contributed by atoms with Crippen LogP contribution in [0, 0.1) is 6.92 Å². The van der Waals surface area contributed by atoms with Gasteiger partial charge in [0.2, 0.25) is 0 Å². The summed E-state index contributed by atoms with van der Waals surface area (Å²) in [6, 6.07) is 16.3. The number of hydrogen-bond acceptors (Lipinski definition) is 4. The number of nitrogens with one attached hydrogen (secondary N) is 1. The van der Waals surface area contributed by atoms with Crippen LogP contribution in [0.15, 0.2) is 53.9 Å². The summed E-state index contributed by atoms with van der Waals surface area (Å²) in [6.07, 6.45) is 0. The zero-order valence-corrected chi connectivity index (χ0v) is 17.2. The van der Waals surface area contributed by atoms with Gasteiger partial charge in [-0.05, 0) is 42.5 Å². The molecule has 0 aliphatic rings. The lowest BCUT2D eigenvalue weighted by Gasteiger charge is -2.15. The Hall–Kier alpha value is -2.01. The molecule has 0 aliphatic carbocycles. The lowest BCUT2D eigenvalue weighted by molar-refractivity contribution is 0.269. The van der Waals surface area contributed by atoms with Crippen molar-refractivity contribution >= 4 is 22.9 Å². The molecule has 0 atom stereocenters. The van der Waals surface area contributed by atoms with Gasteiger partial charge in [0.25, 0.3) is 0 Å². The second-order valence-corrected chi connectivity index (χ2v) is 7.72. The summed E-state index contributed by atoms with van der Waals surface area (Å²) in [5.41, 5.74) is 3.33. The molecule has 3 aromatic rings. The first kappa shape index (κ1) is 19.7. The van der Waals surface area contributed by atoms with E-state index in [2.05, 4.69) is 48.0 Å². The van der Waals surface area contributed by atoms with Crippen molar-refractivity contribution in [1.29, 1.82) is 0 Å². The normalized spacial score (nSPS) is 10.8. The maximum Gasteiger partial charge on any atom is 0.163 e. The predicted octanol–water partition coefficient (Wildman–Crippen LogP) is 5.98. The molecule has 3 rings (SSSR count). The van der Waals surface area contributed by atoms with Crippen LogP contribution in [-0.2, 0) is 19.7 Å². The Morgan fingerprint density at radius 1 is 1.00 bits per heavy atom. The topological polar surface area (TPSA) is 30.5 Å². The zero-order valence-electron chi connectivity index (χ0n) is 15.6. The van der Waals surface area contributed by atoms with Crippen LogP contribution in [0.5, 0.6) is 11.5 Å². The molecule has 1 aromatic heterocycles. The summed E-state index contributed by atoms with van der Waals surface area (Å²) in [5, 5.41) is 6.19. The van der Waals surface area contributed by atoms with E-state index in [0.717, 1.165) is 23.4 Å². The maximum atomic E-state index is 6.50. The van der Waals surface area contributed by atoms with E-state index in [1.165, 1.54) is 10.4 Å². The third kappa shape index (κ3) is 5.73. The minimum absolute atomic E-state index is 0.480. The van der Waals surface area contributed by atoms with Crippen LogP contribution >= 0.6 is 22.9 Å². The van der Waals surface area contributed by atoms with Crippen molar-refractivity contribution < 1.29 is 9.47 Å². The van der Waals surface area contributed by atoms with Gasteiger partial charge in [-0.3, -0.25) is 0 Å². The Bertz CT molecular complexity index is 865. The molecule has 5 heteroatoms. The van der Waals surface area contributed by atoms with Gasteiger partial charge in [0, 0.05) is 29.1 Å². The van der Waals surface area contributed by atoms with Gasteiger partial charge >= 0.3 is 0 Å². The maximum absolute atomic E-state index is 6.50. The fourth-order valence-corrected chi connectivity index (χ4v) is 3.69. The predicted molar refractivity (Wildman–Crippen MR) is 113 cm³/mol. The van der Waals surface area contributed by atoms with E-state index in [1.54, 1.807) is 11.3 Å². The van der Waals surface area contributed by atoms with Crippen molar-refractivity contribution in [1.82, 2.24) is 5.32 Å². The van der Waals surface area contributed by atoms with Crippen LogP contribution in [0.25, 0.3) is 0 Å². The molecule has 0 saturated heterocycles. The lowest BCUT2D eigenvalue weighted by atomic mass is 10.1. The van der Waals surface area contributed by atoms with E-state index >= 15 is 0 Å². The molecule has 27 heavy (non-hydrogen) atoms. The van der Waals surface area contributed by atoms with Gasteiger partial charge in [0.1, 0.15) is 6.61 Å². The minimum atomic E-state index is 0.480. The summed E-state index contributed by atoms with van der Waals surface area (Å²) in [5.74, 6) is 1.40. The van der Waals surface area contributed by atoms with Crippen molar-refractivity contribution in [2.75, 3.05) is 6.61 Å². The first-order chi connectivity index (χ1) is 13.2. The van der Waals surface area contributed by atoms with Crippen LogP contribution in [0.4, 0.5) is 0 Å². The third-order valence-electron chi connectivity index (χ3n) is 4.08. The molecular formula is C22H24ClNO2S. The second kappa shape index (κ2) is 9.79. The van der Waals surface area contributed by atoms with Crippen molar-refractivity contribution in [2.45, 2.75) is 33.5 Å². The zero-order chi connectivity index (χ0) is 19.1. The molecule has 1 heterocycles. The van der Waals surface area contributed by atoms with Gasteiger partial charge in [-0.25, -0.2) is 0 Å². The van der Waals surface area contributed by atoms with Crippen LogP contribution in [0.1, 0.15) is 28.5 Å². The van der Waals surface area contributed by atoms with Crippen molar-refractivity contribution in [3.63, 3.8) is 0 Å². The number of ether oxygens (including phenoxy) is 2. The second-order valence-electron chi connectivity index (χ2n) is 6.28. The highest BCUT2D eigenvalue weighted by molar-refractivity contribution is 7.09. The van der Waals surface area contributed by atoms with Crippen LogP contribution in [0.2, 0.25) is 5.02 Å². The van der Waals surface area contributed by atoms with E-state index < -0.39 is 0 Å². The standard InChI is InChI=1S/C22H24ClNO2S/c1-3-25-21-11-18(13-24-14-19-8-5-9-27-19)20(23)12-22(21)26-15-17-7-4-6-16(2)10-17/h4-12,24H,3,13-15H2,1-2H3. The monoisotopic (exact) mass is 401 g/mol. The third-order valence-corrected chi connectivity index (χ3v) is 5.31. The molecular weight excluding hydrogens is 378 g/mol. The van der Waals surface area contributed by atoms with Crippen LogP contribution in [0.3, 0.4) is 0 Å². The van der Waals surface area contributed by atoms with Gasteiger partial charge in [-0.15, -0.1) is 11.3 Å². The summed E-state index contributed by atoms with van der Waals surface area (Å²) >= 11 is 8.24. The van der Waals surface area contributed by atoms with Crippen LogP contribution < -0.4 is 14.8 Å². The average Bonchev–Trinajstić information content (AvgIpc) is 3.16. The highest BCUT2D eigenvalue weighted by Crippen LogP contribution is 2.34. The molecule has 0 fully saturated rings. The Labute approximate surface area is 169 Å². The summed E-state index contributed by atoms with van der Waals surface area (Å²) in [4.78, 5) is 1.30. The number of hydrogen-bond donors (Lipinski definition) is 1. The molecule has 0 unspecified atom stereocenters. The smallest absolute Gasteiger partial charge is 0.163 e. The van der Waals surface area contributed by atoms with Crippen LogP contribution in [-0.4, -0.2) is 6.61 Å². The van der Waals surface area contributed by atoms with E-state index in [4.69, 9.17) is 21.1 Å². The molecule has 0 saturated carbocycles. The Kier molecular flexibility index (Phi) is 7.16. The number of aryl methyl sites for hydroxylation is 1. The highest BCUT2D eigenvalue weighted by atomic mass is 35.5. The quantitative estimate of drug-likeness (QED) is 0.478. The van der Waals surface area contributed by atoms with E-state index in [-0.39, 0.29) is 0 Å². The van der Waals surface area contributed by atoms with Gasteiger partial charge in [-0.1, -0.05) is 47.5 Å². The fourth-order valence-electron chi connectivity index (χ4n) is 2.79. The van der Waals surface area contributed by atoms with Gasteiger partial charge in [0.05, 0.1) is 6.61 Å². The largest absolute Gasteiger partial charge is 0.490 e. The van der Waals surface area contributed by atoms with Crippen molar-refractivity contribution in [2.24, 2.45) is 0 Å². The highest BCUT2D eigenvalue weighted by Gasteiger charge is 2.12. The first-order valence-electron chi connectivity index (χ1n) is 9.02. The Balaban J connectivity index is 1.68. The first-order valence-corrected chi connectivity index (χ1v) is 10.3. The molecule has 0 radical (unpaired) electrons. The van der Waals surface area contributed by atoms with E-state index in [0.29, 0.717) is 30.5 Å². The lowest BCUT2D eigenvalue weighted by Crippen LogP contribution is -2.12. The number of rotatable bonds is 9. The summed E-state index contributed by atoms with van der Waals surface area (Å²) in [7, 11) is 0. The van der Waals surface area contributed by atoms with Gasteiger partial charge < -0.3 is 14.8 Å². The SMILES string of the molecule is CCOc1cc(CNCc2cccs2)c(Cl)cc1OCc1cccc(C)c1. The number of benzene rings is 2. The molecule has 0 aliphatic heterocycles. The molecule has 2 aromatic carbocycles. The van der Waals surface area contributed by atoms with E-state index in [9.17, 15) is 0 Å². The Morgan fingerprint density at radius 3 is 2.59 bits per heavy atom.